The minimum absolute atomic E-state index is 0.100. The van der Waals surface area contributed by atoms with Crippen molar-refractivity contribution in [3.8, 4) is 0 Å². The van der Waals surface area contributed by atoms with E-state index in [2.05, 4.69) is 22.2 Å². The zero-order valence-electron chi connectivity index (χ0n) is 11.8. The molecule has 2 heterocycles. The first kappa shape index (κ1) is 14.5. The van der Waals surface area contributed by atoms with Crippen molar-refractivity contribution in [3.05, 3.63) is 30.1 Å². The molecule has 2 rings (SSSR count). The van der Waals surface area contributed by atoms with Crippen LogP contribution in [0.4, 0.5) is 0 Å². The van der Waals surface area contributed by atoms with Gasteiger partial charge in [-0.1, -0.05) is 13.3 Å². The van der Waals surface area contributed by atoms with Crippen LogP contribution >= 0.6 is 0 Å². The number of ether oxygens (including phenoxy) is 1. The summed E-state index contributed by atoms with van der Waals surface area (Å²) in [6.07, 6.45) is 4.78. The molecule has 0 aliphatic heterocycles. The van der Waals surface area contributed by atoms with Gasteiger partial charge >= 0.3 is 0 Å². The van der Waals surface area contributed by atoms with Crippen LogP contribution < -0.4 is 5.32 Å². The van der Waals surface area contributed by atoms with Crippen LogP contribution in [0.5, 0.6) is 0 Å². The number of H-pyrrole nitrogens is 1. The van der Waals surface area contributed by atoms with E-state index in [4.69, 9.17) is 4.74 Å². The van der Waals surface area contributed by atoms with E-state index in [0.717, 1.165) is 36.9 Å². The summed E-state index contributed by atoms with van der Waals surface area (Å²) >= 11 is 0. The average Bonchev–Trinajstić information content (AvgIpc) is 2.90. The summed E-state index contributed by atoms with van der Waals surface area (Å²) in [4.78, 5) is 19.2. The van der Waals surface area contributed by atoms with Crippen LogP contribution in [-0.4, -0.2) is 35.6 Å². The standard InChI is InChI=1S/C15H21N3O2/c1-2-3-9-20-10-5-8-17-15(19)14-11-13-12(18-14)6-4-7-16-13/h4,6-7,11,18H,2-3,5,8-10H2,1H3,(H,17,19). The van der Waals surface area contributed by atoms with Gasteiger partial charge in [0.1, 0.15) is 5.69 Å². The molecule has 0 radical (unpaired) electrons. The normalized spacial score (nSPS) is 10.8. The van der Waals surface area contributed by atoms with Crippen molar-refractivity contribution in [1.29, 1.82) is 0 Å². The Bertz CT molecular complexity index is 518. The summed E-state index contributed by atoms with van der Waals surface area (Å²) in [6, 6.07) is 5.51. The lowest BCUT2D eigenvalue weighted by Crippen LogP contribution is -2.25. The van der Waals surface area contributed by atoms with E-state index in [1.54, 1.807) is 12.3 Å². The minimum atomic E-state index is -0.100. The number of amides is 1. The van der Waals surface area contributed by atoms with E-state index < -0.39 is 0 Å². The third-order valence-electron chi connectivity index (χ3n) is 3.03. The average molecular weight is 275 g/mol. The molecule has 0 atom stereocenters. The highest BCUT2D eigenvalue weighted by Gasteiger charge is 2.08. The number of pyridine rings is 1. The Morgan fingerprint density at radius 1 is 1.40 bits per heavy atom. The number of hydrogen-bond donors (Lipinski definition) is 2. The van der Waals surface area contributed by atoms with Crippen LogP contribution in [0.2, 0.25) is 0 Å². The minimum Gasteiger partial charge on any atom is -0.381 e. The van der Waals surface area contributed by atoms with Gasteiger partial charge in [-0.2, -0.15) is 0 Å². The van der Waals surface area contributed by atoms with Gasteiger partial charge in [-0.05, 0) is 31.0 Å². The molecule has 0 fully saturated rings. The number of rotatable bonds is 8. The number of unbranched alkanes of at least 4 members (excludes halogenated alkanes) is 1. The predicted octanol–water partition coefficient (Wildman–Crippen LogP) is 2.50. The molecule has 2 aromatic heterocycles. The zero-order chi connectivity index (χ0) is 14.2. The number of hydrogen-bond acceptors (Lipinski definition) is 3. The molecular weight excluding hydrogens is 254 g/mol. The number of fused-ring (bicyclic) bond motifs is 1. The monoisotopic (exact) mass is 275 g/mol. The molecule has 2 aromatic rings. The van der Waals surface area contributed by atoms with Gasteiger partial charge in [0.25, 0.3) is 5.91 Å². The molecule has 0 aromatic carbocycles. The van der Waals surface area contributed by atoms with Crippen molar-refractivity contribution in [2.24, 2.45) is 0 Å². The Morgan fingerprint density at radius 2 is 2.25 bits per heavy atom. The second-order valence-electron chi connectivity index (χ2n) is 4.69. The van der Waals surface area contributed by atoms with Crippen molar-refractivity contribution >= 4 is 16.9 Å². The topological polar surface area (TPSA) is 67.0 Å². The SMILES string of the molecule is CCCCOCCCNC(=O)c1cc2ncccc2[nH]1. The fourth-order valence-electron chi connectivity index (χ4n) is 1.90. The van der Waals surface area contributed by atoms with Crippen LogP contribution in [0.3, 0.4) is 0 Å². The zero-order valence-corrected chi connectivity index (χ0v) is 11.8. The number of aromatic amines is 1. The number of carbonyl (C=O) groups is 1. The largest absolute Gasteiger partial charge is 0.381 e. The van der Waals surface area contributed by atoms with E-state index in [0.29, 0.717) is 18.8 Å². The molecule has 1 amide bonds. The lowest BCUT2D eigenvalue weighted by molar-refractivity contribution is 0.0936. The third-order valence-corrected chi connectivity index (χ3v) is 3.03. The Morgan fingerprint density at radius 3 is 3.05 bits per heavy atom. The first-order chi connectivity index (χ1) is 9.81. The Kier molecular flexibility index (Phi) is 5.55. The first-order valence-electron chi connectivity index (χ1n) is 7.11. The maximum atomic E-state index is 11.9. The second-order valence-corrected chi connectivity index (χ2v) is 4.69. The van der Waals surface area contributed by atoms with E-state index in [9.17, 15) is 4.79 Å². The summed E-state index contributed by atoms with van der Waals surface area (Å²) in [6.45, 7) is 4.25. The molecule has 0 aliphatic carbocycles. The van der Waals surface area contributed by atoms with Crippen molar-refractivity contribution in [3.63, 3.8) is 0 Å². The van der Waals surface area contributed by atoms with Crippen LogP contribution in [-0.2, 0) is 4.74 Å². The number of carbonyl (C=O) groups excluding carboxylic acids is 1. The molecule has 5 nitrogen and oxygen atoms in total. The third kappa shape index (κ3) is 4.06. The van der Waals surface area contributed by atoms with Gasteiger partial charge in [0.05, 0.1) is 11.0 Å². The lowest BCUT2D eigenvalue weighted by Gasteiger charge is -2.04. The fourth-order valence-corrected chi connectivity index (χ4v) is 1.90. The van der Waals surface area contributed by atoms with Gasteiger partial charge in [-0.15, -0.1) is 0 Å². The maximum absolute atomic E-state index is 11.9. The van der Waals surface area contributed by atoms with Crippen molar-refractivity contribution < 1.29 is 9.53 Å². The smallest absolute Gasteiger partial charge is 0.267 e. The summed E-state index contributed by atoms with van der Waals surface area (Å²) < 4.78 is 5.44. The van der Waals surface area contributed by atoms with Crippen LogP contribution in [0.25, 0.3) is 11.0 Å². The van der Waals surface area contributed by atoms with Gasteiger partial charge in [0.15, 0.2) is 0 Å². The van der Waals surface area contributed by atoms with Gasteiger partial charge in [-0.3, -0.25) is 9.78 Å². The summed E-state index contributed by atoms with van der Waals surface area (Å²) in [5.74, 6) is -0.100. The molecule has 2 N–H and O–H groups in total. The first-order valence-corrected chi connectivity index (χ1v) is 7.11. The molecule has 0 spiro atoms. The van der Waals surface area contributed by atoms with Crippen molar-refractivity contribution in [1.82, 2.24) is 15.3 Å². The highest BCUT2D eigenvalue weighted by atomic mass is 16.5. The van der Waals surface area contributed by atoms with E-state index >= 15 is 0 Å². The molecule has 0 unspecified atom stereocenters. The molecule has 0 saturated heterocycles. The molecule has 108 valence electrons. The molecule has 0 saturated carbocycles. The van der Waals surface area contributed by atoms with Gasteiger partial charge < -0.3 is 15.0 Å². The molecular formula is C15H21N3O2. The summed E-state index contributed by atoms with van der Waals surface area (Å²) in [5.41, 5.74) is 2.23. The van der Waals surface area contributed by atoms with Crippen LogP contribution in [0, 0.1) is 0 Å². The number of nitrogens with one attached hydrogen (secondary N) is 2. The van der Waals surface area contributed by atoms with Gasteiger partial charge in [0, 0.05) is 26.0 Å². The fraction of sp³-hybridized carbons (Fsp3) is 0.467. The highest BCUT2D eigenvalue weighted by Crippen LogP contribution is 2.11. The predicted molar refractivity (Wildman–Crippen MR) is 78.8 cm³/mol. The summed E-state index contributed by atoms with van der Waals surface area (Å²) in [5, 5.41) is 2.87. The number of aromatic nitrogens is 2. The van der Waals surface area contributed by atoms with E-state index in [1.165, 1.54) is 0 Å². The molecule has 20 heavy (non-hydrogen) atoms. The van der Waals surface area contributed by atoms with E-state index in [1.807, 2.05) is 12.1 Å². The molecule has 0 aliphatic rings. The van der Waals surface area contributed by atoms with Crippen LogP contribution in [0.1, 0.15) is 36.7 Å². The van der Waals surface area contributed by atoms with Crippen molar-refractivity contribution in [2.45, 2.75) is 26.2 Å². The Balaban J connectivity index is 1.72. The highest BCUT2D eigenvalue weighted by molar-refractivity contribution is 5.96. The molecule has 5 heteroatoms. The van der Waals surface area contributed by atoms with Gasteiger partial charge in [-0.25, -0.2) is 0 Å². The van der Waals surface area contributed by atoms with E-state index in [-0.39, 0.29) is 5.91 Å². The Hall–Kier alpha value is -1.88. The van der Waals surface area contributed by atoms with Crippen LogP contribution in [0.15, 0.2) is 24.4 Å². The Labute approximate surface area is 118 Å². The summed E-state index contributed by atoms with van der Waals surface area (Å²) in [7, 11) is 0. The number of nitrogens with zero attached hydrogens (tertiary/aromatic N) is 1. The molecule has 0 bridgehead atoms. The van der Waals surface area contributed by atoms with Gasteiger partial charge in [0.2, 0.25) is 0 Å². The second kappa shape index (κ2) is 7.65. The maximum Gasteiger partial charge on any atom is 0.267 e. The van der Waals surface area contributed by atoms with Crippen molar-refractivity contribution in [2.75, 3.05) is 19.8 Å². The lowest BCUT2D eigenvalue weighted by atomic mass is 10.3. The quantitative estimate of drug-likeness (QED) is 0.727.